The Bertz CT molecular complexity index is 556. The SMILES string of the molecule is C=CC=C(C(=O)OCC)S(=O)(=O)c1ccccc1. The molecule has 0 saturated heterocycles. The van der Waals surface area contributed by atoms with E-state index in [9.17, 15) is 13.2 Å². The van der Waals surface area contributed by atoms with E-state index in [-0.39, 0.29) is 11.5 Å². The summed E-state index contributed by atoms with van der Waals surface area (Å²) in [7, 11) is -3.87. The van der Waals surface area contributed by atoms with Crippen LogP contribution in [0.25, 0.3) is 0 Å². The van der Waals surface area contributed by atoms with E-state index in [1.54, 1.807) is 25.1 Å². The second kappa shape index (κ2) is 6.16. The lowest BCUT2D eigenvalue weighted by Gasteiger charge is -2.07. The maximum absolute atomic E-state index is 12.2. The predicted octanol–water partition coefficient (Wildman–Crippen LogP) is 2.09. The van der Waals surface area contributed by atoms with E-state index >= 15 is 0 Å². The summed E-state index contributed by atoms with van der Waals surface area (Å²) >= 11 is 0. The van der Waals surface area contributed by atoms with Crippen molar-refractivity contribution in [1.82, 2.24) is 0 Å². The molecule has 0 saturated carbocycles. The summed E-state index contributed by atoms with van der Waals surface area (Å²) in [5, 5.41) is 0. The maximum Gasteiger partial charge on any atom is 0.350 e. The van der Waals surface area contributed by atoms with Gasteiger partial charge in [-0.05, 0) is 25.1 Å². The van der Waals surface area contributed by atoms with Gasteiger partial charge in [-0.25, -0.2) is 13.2 Å². The Labute approximate surface area is 107 Å². The lowest BCUT2D eigenvalue weighted by atomic mass is 10.4. The lowest BCUT2D eigenvalue weighted by Crippen LogP contribution is -2.16. The van der Waals surface area contributed by atoms with Crippen LogP contribution >= 0.6 is 0 Å². The van der Waals surface area contributed by atoms with Crippen LogP contribution in [0.4, 0.5) is 0 Å². The van der Waals surface area contributed by atoms with Crippen LogP contribution in [0.15, 0.2) is 58.9 Å². The van der Waals surface area contributed by atoms with Gasteiger partial charge in [-0.15, -0.1) is 0 Å². The zero-order valence-electron chi connectivity index (χ0n) is 10.00. The van der Waals surface area contributed by atoms with Gasteiger partial charge >= 0.3 is 5.97 Å². The van der Waals surface area contributed by atoms with Crippen molar-refractivity contribution in [2.75, 3.05) is 6.61 Å². The Morgan fingerprint density at radius 2 is 1.94 bits per heavy atom. The van der Waals surface area contributed by atoms with Crippen molar-refractivity contribution >= 4 is 15.8 Å². The highest BCUT2D eigenvalue weighted by Gasteiger charge is 2.27. The standard InChI is InChI=1S/C13H14O4S/c1-3-8-12(13(14)17-4-2)18(15,16)11-9-6-5-7-10-11/h3,5-10H,1,4H2,2H3. The molecule has 0 aliphatic carbocycles. The van der Waals surface area contributed by atoms with E-state index in [0.717, 1.165) is 6.08 Å². The van der Waals surface area contributed by atoms with Crippen LogP contribution in [0.3, 0.4) is 0 Å². The van der Waals surface area contributed by atoms with E-state index in [2.05, 4.69) is 6.58 Å². The summed E-state index contributed by atoms with van der Waals surface area (Å²) in [6, 6.07) is 7.71. The lowest BCUT2D eigenvalue weighted by molar-refractivity contribution is -0.137. The maximum atomic E-state index is 12.2. The number of carbonyl (C=O) groups is 1. The second-order valence-electron chi connectivity index (χ2n) is 3.30. The predicted molar refractivity (Wildman–Crippen MR) is 68.5 cm³/mol. The molecule has 5 heteroatoms. The van der Waals surface area contributed by atoms with Crippen molar-refractivity contribution < 1.29 is 17.9 Å². The highest BCUT2D eigenvalue weighted by Crippen LogP contribution is 2.20. The van der Waals surface area contributed by atoms with Crippen molar-refractivity contribution in [1.29, 1.82) is 0 Å². The van der Waals surface area contributed by atoms with Gasteiger partial charge in [0, 0.05) is 0 Å². The minimum Gasteiger partial charge on any atom is -0.462 e. The normalized spacial score (nSPS) is 11.9. The largest absolute Gasteiger partial charge is 0.462 e. The Kier molecular flexibility index (Phi) is 4.85. The number of hydrogen-bond acceptors (Lipinski definition) is 4. The molecule has 0 bridgehead atoms. The third kappa shape index (κ3) is 3.07. The van der Waals surface area contributed by atoms with E-state index in [4.69, 9.17) is 4.74 Å². The quantitative estimate of drug-likeness (QED) is 0.465. The molecule has 0 aliphatic rings. The summed E-state index contributed by atoms with van der Waals surface area (Å²) in [6.45, 7) is 5.12. The summed E-state index contributed by atoms with van der Waals surface area (Å²) in [6.07, 6.45) is 2.38. The fraction of sp³-hybridized carbons (Fsp3) is 0.154. The summed E-state index contributed by atoms with van der Waals surface area (Å²) in [5.74, 6) is -0.874. The molecular weight excluding hydrogens is 252 g/mol. The smallest absolute Gasteiger partial charge is 0.350 e. The molecular formula is C13H14O4S. The van der Waals surface area contributed by atoms with Gasteiger partial charge in [0.05, 0.1) is 11.5 Å². The van der Waals surface area contributed by atoms with Crippen molar-refractivity contribution in [2.45, 2.75) is 11.8 Å². The Morgan fingerprint density at radius 3 is 2.44 bits per heavy atom. The fourth-order valence-electron chi connectivity index (χ4n) is 1.30. The molecule has 0 spiro atoms. The monoisotopic (exact) mass is 266 g/mol. The first-order valence-corrected chi connectivity index (χ1v) is 6.82. The third-order valence-electron chi connectivity index (χ3n) is 2.09. The van der Waals surface area contributed by atoms with Crippen LogP contribution in [0.2, 0.25) is 0 Å². The number of sulfone groups is 1. The molecule has 0 radical (unpaired) electrons. The van der Waals surface area contributed by atoms with Gasteiger partial charge in [-0.3, -0.25) is 0 Å². The molecule has 0 amide bonds. The first-order valence-electron chi connectivity index (χ1n) is 5.34. The van der Waals surface area contributed by atoms with Gasteiger partial charge in [0.2, 0.25) is 9.84 Å². The number of carbonyl (C=O) groups excluding carboxylic acids is 1. The zero-order valence-corrected chi connectivity index (χ0v) is 10.8. The molecule has 0 heterocycles. The molecule has 1 aromatic rings. The van der Waals surface area contributed by atoms with Crippen LogP contribution in [0.5, 0.6) is 0 Å². The molecule has 0 unspecified atom stereocenters. The summed E-state index contributed by atoms with van der Waals surface area (Å²) in [4.78, 5) is 11.3. The molecule has 18 heavy (non-hydrogen) atoms. The summed E-state index contributed by atoms with van der Waals surface area (Å²) in [5.41, 5.74) is 0. The number of hydrogen-bond donors (Lipinski definition) is 0. The van der Waals surface area contributed by atoms with Crippen molar-refractivity contribution in [2.24, 2.45) is 0 Å². The van der Waals surface area contributed by atoms with Gasteiger partial charge in [0.25, 0.3) is 0 Å². The number of benzene rings is 1. The molecule has 0 N–H and O–H groups in total. The van der Waals surface area contributed by atoms with Crippen LogP contribution in [0, 0.1) is 0 Å². The van der Waals surface area contributed by atoms with Gasteiger partial charge < -0.3 is 4.74 Å². The first kappa shape index (κ1) is 14.2. The van der Waals surface area contributed by atoms with Gasteiger partial charge in [0.1, 0.15) is 0 Å². The highest BCUT2D eigenvalue weighted by molar-refractivity contribution is 7.96. The molecule has 0 aliphatic heterocycles. The molecule has 0 aromatic heterocycles. The molecule has 0 fully saturated rings. The Morgan fingerprint density at radius 1 is 1.33 bits per heavy atom. The minimum atomic E-state index is -3.87. The second-order valence-corrected chi connectivity index (χ2v) is 5.22. The zero-order chi connectivity index (χ0) is 13.6. The molecule has 1 aromatic carbocycles. The number of allylic oxidation sites excluding steroid dienone is 2. The fourth-order valence-corrected chi connectivity index (χ4v) is 2.63. The number of rotatable bonds is 5. The van der Waals surface area contributed by atoms with E-state index in [1.807, 2.05) is 0 Å². The van der Waals surface area contributed by atoms with Crippen LogP contribution < -0.4 is 0 Å². The number of ether oxygens (including phenoxy) is 1. The molecule has 0 atom stereocenters. The molecule has 96 valence electrons. The van der Waals surface area contributed by atoms with Crippen LogP contribution in [-0.4, -0.2) is 21.0 Å². The topological polar surface area (TPSA) is 60.4 Å². The van der Waals surface area contributed by atoms with Crippen molar-refractivity contribution in [3.8, 4) is 0 Å². The molecule has 4 nitrogen and oxygen atoms in total. The first-order chi connectivity index (χ1) is 8.54. The van der Waals surface area contributed by atoms with E-state index in [0.29, 0.717) is 0 Å². The average molecular weight is 266 g/mol. The summed E-state index contributed by atoms with van der Waals surface area (Å²) < 4.78 is 29.2. The van der Waals surface area contributed by atoms with Crippen LogP contribution in [0.1, 0.15) is 6.92 Å². The van der Waals surface area contributed by atoms with E-state index < -0.39 is 20.7 Å². The van der Waals surface area contributed by atoms with Crippen molar-refractivity contribution in [3.63, 3.8) is 0 Å². The Balaban J connectivity index is 3.27. The van der Waals surface area contributed by atoms with Crippen LogP contribution in [-0.2, 0) is 19.4 Å². The third-order valence-corrected chi connectivity index (χ3v) is 3.86. The highest BCUT2D eigenvalue weighted by atomic mass is 32.2. The molecule has 1 rings (SSSR count). The minimum absolute atomic E-state index is 0.0474. The number of esters is 1. The van der Waals surface area contributed by atoms with E-state index in [1.165, 1.54) is 18.2 Å². The van der Waals surface area contributed by atoms with Crippen molar-refractivity contribution in [3.05, 3.63) is 54.0 Å². The average Bonchev–Trinajstić information content (AvgIpc) is 2.37. The Hall–Kier alpha value is -1.88. The van der Waals surface area contributed by atoms with Gasteiger partial charge in [-0.1, -0.05) is 30.9 Å². The van der Waals surface area contributed by atoms with Gasteiger partial charge in [0.15, 0.2) is 4.91 Å². The van der Waals surface area contributed by atoms with Gasteiger partial charge in [-0.2, -0.15) is 0 Å².